The number of halogens is 2. The Morgan fingerprint density at radius 3 is 2.46 bits per heavy atom. The fraction of sp³-hybridized carbons (Fsp3) is 0.111. The van der Waals surface area contributed by atoms with Crippen LogP contribution in [0.5, 0.6) is 0 Å². The average Bonchev–Trinajstić information content (AvgIpc) is 3.15. The molecule has 2 heterocycles. The highest BCUT2D eigenvalue weighted by molar-refractivity contribution is 5.96. The molecular formula is C18H13F2N5O3. The lowest BCUT2D eigenvalue weighted by Crippen LogP contribution is -2.36. The standard InChI is InChI=1S/C18H13F2N5O3/c19-11-5-7-12(8-6-11)23-9-15-22-24(18(28)25(15)17(23)27)10-16(26)21-14-4-2-1-3-13(14)20/h1-8H,9-10H2,(H,21,26). The van der Waals surface area contributed by atoms with Crippen molar-refractivity contribution >= 4 is 23.3 Å². The first-order valence-electron chi connectivity index (χ1n) is 8.24. The molecule has 0 bridgehead atoms. The monoisotopic (exact) mass is 385 g/mol. The molecule has 3 aromatic rings. The Balaban J connectivity index is 1.52. The third-order valence-electron chi connectivity index (χ3n) is 4.21. The number of rotatable bonds is 4. The third kappa shape index (κ3) is 3.04. The highest BCUT2D eigenvalue weighted by Gasteiger charge is 2.33. The van der Waals surface area contributed by atoms with Crippen molar-refractivity contribution in [3.05, 3.63) is 76.5 Å². The number of amides is 2. The molecule has 0 radical (unpaired) electrons. The SMILES string of the molecule is O=C(Cn1nc2n(c1=O)C(=O)N(c1ccc(F)cc1)C2)Nc1ccccc1F. The zero-order valence-corrected chi connectivity index (χ0v) is 14.3. The maximum Gasteiger partial charge on any atom is 0.354 e. The lowest BCUT2D eigenvalue weighted by molar-refractivity contribution is -0.117. The van der Waals surface area contributed by atoms with Crippen LogP contribution in [0.3, 0.4) is 0 Å². The maximum absolute atomic E-state index is 13.6. The second-order valence-electron chi connectivity index (χ2n) is 6.07. The number of nitrogens with one attached hydrogen (secondary N) is 1. The Morgan fingerprint density at radius 1 is 1.07 bits per heavy atom. The van der Waals surface area contributed by atoms with Gasteiger partial charge in [0.2, 0.25) is 5.91 Å². The molecule has 10 heteroatoms. The number of benzene rings is 2. The van der Waals surface area contributed by atoms with Gasteiger partial charge in [0.25, 0.3) is 0 Å². The van der Waals surface area contributed by atoms with Crippen LogP contribution in [0.1, 0.15) is 5.82 Å². The van der Waals surface area contributed by atoms with Gasteiger partial charge in [-0.25, -0.2) is 23.1 Å². The topological polar surface area (TPSA) is 89.2 Å². The number of carbonyl (C=O) groups is 2. The van der Waals surface area contributed by atoms with Crippen LogP contribution in [-0.2, 0) is 17.9 Å². The highest BCUT2D eigenvalue weighted by Crippen LogP contribution is 2.22. The van der Waals surface area contributed by atoms with E-state index in [0.717, 1.165) is 9.25 Å². The van der Waals surface area contributed by atoms with E-state index in [2.05, 4.69) is 10.4 Å². The van der Waals surface area contributed by atoms with Gasteiger partial charge < -0.3 is 5.32 Å². The van der Waals surface area contributed by atoms with Crippen molar-refractivity contribution in [3.63, 3.8) is 0 Å². The lowest BCUT2D eigenvalue weighted by atomic mass is 10.3. The van der Waals surface area contributed by atoms with Crippen LogP contribution >= 0.6 is 0 Å². The number of aromatic nitrogens is 3. The lowest BCUT2D eigenvalue weighted by Gasteiger charge is -2.14. The molecular weight excluding hydrogens is 372 g/mol. The highest BCUT2D eigenvalue weighted by atomic mass is 19.1. The van der Waals surface area contributed by atoms with Crippen LogP contribution in [0, 0.1) is 11.6 Å². The number of hydrogen-bond donors (Lipinski definition) is 1. The summed E-state index contributed by atoms with van der Waals surface area (Å²) in [6.07, 6.45) is 0. The van der Waals surface area contributed by atoms with Gasteiger partial charge in [-0.15, -0.1) is 0 Å². The summed E-state index contributed by atoms with van der Waals surface area (Å²) >= 11 is 0. The van der Waals surface area contributed by atoms with Crippen LogP contribution < -0.4 is 15.9 Å². The Hall–Kier alpha value is -3.82. The molecule has 8 nitrogen and oxygen atoms in total. The van der Waals surface area contributed by atoms with Gasteiger partial charge in [-0.1, -0.05) is 12.1 Å². The van der Waals surface area contributed by atoms with Crippen molar-refractivity contribution in [1.29, 1.82) is 0 Å². The van der Waals surface area contributed by atoms with E-state index in [-0.39, 0.29) is 18.1 Å². The van der Waals surface area contributed by atoms with Gasteiger partial charge in [0.15, 0.2) is 5.82 Å². The molecule has 1 aliphatic heterocycles. The Bertz CT molecular complexity index is 1140. The minimum Gasteiger partial charge on any atom is -0.322 e. The van der Waals surface area contributed by atoms with Gasteiger partial charge in [-0.3, -0.25) is 9.69 Å². The number of anilines is 2. The summed E-state index contributed by atoms with van der Waals surface area (Å²) in [7, 11) is 0. The third-order valence-corrected chi connectivity index (χ3v) is 4.21. The van der Waals surface area contributed by atoms with Gasteiger partial charge in [-0.2, -0.15) is 9.67 Å². The van der Waals surface area contributed by atoms with E-state index in [4.69, 9.17) is 0 Å². The van der Waals surface area contributed by atoms with Gasteiger partial charge in [0, 0.05) is 5.69 Å². The largest absolute Gasteiger partial charge is 0.354 e. The molecule has 4 rings (SSSR count). The molecule has 0 saturated carbocycles. The second-order valence-corrected chi connectivity index (χ2v) is 6.07. The van der Waals surface area contributed by atoms with Gasteiger partial charge >= 0.3 is 11.7 Å². The number of carbonyl (C=O) groups excluding carboxylic acids is 2. The molecule has 1 aliphatic rings. The van der Waals surface area contributed by atoms with E-state index < -0.39 is 35.8 Å². The Labute approximate surface area is 156 Å². The molecule has 1 aromatic heterocycles. The fourth-order valence-corrected chi connectivity index (χ4v) is 2.89. The van der Waals surface area contributed by atoms with E-state index in [9.17, 15) is 23.2 Å². The van der Waals surface area contributed by atoms with Crippen molar-refractivity contribution in [3.8, 4) is 0 Å². The zero-order valence-electron chi connectivity index (χ0n) is 14.3. The second kappa shape index (κ2) is 6.72. The van der Waals surface area contributed by atoms with Crippen molar-refractivity contribution in [2.45, 2.75) is 13.1 Å². The van der Waals surface area contributed by atoms with Crippen LogP contribution in [0.25, 0.3) is 0 Å². The molecule has 0 aliphatic carbocycles. The number of nitrogens with zero attached hydrogens (tertiary/aromatic N) is 4. The predicted molar refractivity (Wildman–Crippen MR) is 94.9 cm³/mol. The number of para-hydroxylation sites is 1. The van der Waals surface area contributed by atoms with Gasteiger partial charge in [-0.05, 0) is 36.4 Å². The van der Waals surface area contributed by atoms with E-state index in [1.165, 1.54) is 47.4 Å². The first kappa shape index (κ1) is 17.6. The Kier molecular flexibility index (Phi) is 4.22. The average molecular weight is 385 g/mol. The summed E-state index contributed by atoms with van der Waals surface area (Å²) in [5.74, 6) is -1.57. The van der Waals surface area contributed by atoms with E-state index >= 15 is 0 Å². The number of fused-ring (bicyclic) bond motifs is 1. The summed E-state index contributed by atoms with van der Waals surface area (Å²) < 4.78 is 28.3. The van der Waals surface area contributed by atoms with Crippen molar-refractivity contribution < 1.29 is 18.4 Å². The van der Waals surface area contributed by atoms with Crippen LogP contribution in [0.4, 0.5) is 25.0 Å². The molecule has 0 fully saturated rings. The normalized spacial score (nSPS) is 12.9. The molecule has 2 aromatic carbocycles. The summed E-state index contributed by atoms with van der Waals surface area (Å²) in [5, 5.41) is 6.36. The van der Waals surface area contributed by atoms with E-state index in [0.29, 0.717) is 5.69 Å². The molecule has 0 atom stereocenters. The fourth-order valence-electron chi connectivity index (χ4n) is 2.89. The zero-order chi connectivity index (χ0) is 19.8. The molecule has 142 valence electrons. The van der Waals surface area contributed by atoms with Crippen molar-refractivity contribution in [2.75, 3.05) is 10.2 Å². The number of hydrogen-bond acceptors (Lipinski definition) is 4. The van der Waals surface area contributed by atoms with Crippen LogP contribution in [0.2, 0.25) is 0 Å². The molecule has 1 N–H and O–H groups in total. The summed E-state index contributed by atoms with van der Waals surface area (Å²) in [4.78, 5) is 38.4. The van der Waals surface area contributed by atoms with Crippen LogP contribution in [0.15, 0.2) is 53.3 Å². The van der Waals surface area contributed by atoms with Gasteiger partial charge in [0.1, 0.15) is 18.2 Å². The van der Waals surface area contributed by atoms with E-state index in [1.807, 2.05) is 0 Å². The first-order valence-corrected chi connectivity index (χ1v) is 8.24. The van der Waals surface area contributed by atoms with Crippen LogP contribution in [-0.4, -0.2) is 26.3 Å². The molecule has 2 amide bonds. The molecule has 0 spiro atoms. The van der Waals surface area contributed by atoms with Gasteiger partial charge in [0.05, 0.1) is 12.2 Å². The smallest absolute Gasteiger partial charge is 0.322 e. The Morgan fingerprint density at radius 2 is 1.79 bits per heavy atom. The molecule has 0 unspecified atom stereocenters. The van der Waals surface area contributed by atoms with E-state index in [1.54, 1.807) is 6.07 Å². The molecule has 0 saturated heterocycles. The minimum absolute atomic E-state index is 0.00163. The quantitative estimate of drug-likeness (QED) is 0.744. The summed E-state index contributed by atoms with van der Waals surface area (Å²) in [6.45, 7) is -0.474. The minimum atomic E-state index is -0.784. The maximum atomic E-state index is 13.6. The van der Waals surface area contributed by atoms with Crippen molar-refractivity contribution in [1.82, 2.24) is 14.3 Å². The summed E-state index contributed by atoms with van der Waals surface area (Å²) in [5.41, 5.74) is -0.390. The predicted octanol–water partition coefficient (Wildman–Crippen LogP) is 1.95. The molecule has 28 heavy (non-hydrogen) atoms. The summed E-state index contributed by atoms with van der Waals surface area (Å²) in [6, 6.07) is 10.2. The first-order chi connectivity index (χ1) is 13.4. The van der Waals surface area contributed by atoms with Crippen molar-refractivity contribution in [2.24, 2.45) is 0 Å².